The molecule has 0 unspecified atom stereocenters. The minimum atomic E-state index is -2.06. The summed E-state index contributed by atoms with van der Waals surface area (Å²) in [6.45, 7) is 19.2. The molecular formula is C77H98N9O19+. The lowest BCUT2D eigenvalue weighted by atomic mass is 9.78. The predicted molar refractivity (Wildman–Crippen MR) is 393 cm³/mol. The minimum absolute atomic E-state index is 0.00769. The third kappa shape index (κ3) is 17.9. The summed E-state index contributed by atoms with van der Waals surface area (Å²) in [6.07, 6.45) is 7.74. The van der Waals surface area contributed by atoms with Crippen molar-refractivity contribution in [1.82, 2.24) is 20.5 Å². The van der Waals surface area contributed by atoms with Crippen molar-refractivity contribution in [1.29, 1.82) is 0 Å². The van der Waals surface area contributed by atoms with E-state index in [1.807, 2.05) is 17.0 Å². The number of unbranched alkanes of at least 4 members (excludes halogenated alkanes) is 2. The highest BCUT2D eigenvalue weighted by Crippen LogP contribution is 2.43. The fourth-order valence-corrected chi connectivity index (χ4v) is 14.3. The number of nitrogens with one attached hydrogen (secondary N) is 4. The lowest BCUT2D eigenvalue weighted by Crippen LogP contribution is -2.56. The van der Waals surface area contributed by atoms with Crippen molar-refractivity contribution in [3.05, 3.63) is 121 Å². The average Bonchev–Trinajstić information content (AvgIpc) is 1.64. The van der Waals surface area contributed by atoms with Crippen molar-refractivity contribution in [2.45, 2.75) is 157 Å². The van der Waals surface area contributed by atoms with Crippen LogP contribution in [0.3, 0.4) is 0 Å². The number of hydrogen-bond acceptors (Lipinski definition) is 21. The number of esters is 1. The first-order chi connectivity index (χ1) is 49.7. The van der Waals surface area contributed by atoms with E-state index in [-0.39, 0.29) is 111 Å². The third-order valence-corrected chi connectivity index (χ3v) is 20.8. The fraction of sp³-hybridized carbons (Fsp3) is 0.494. The summed E-state index contributed by atoms with van der Waals surface area (Å²) in [4.78, 5) is 141. The van der Waals surface area contributed by atoms with Gasteiger partial charge in [0.2, 0.25) is 22.7 Å². The first kappa shape index (κ1) is 79.1. The molecule has 10 N–H and O–H groups in total. The Hall–Kier alpha value is -10.0. The van der Waals surface area contributed by atoms with Crippen LogP contribution >= 0.6 is 0 Å². The lowest BCUT2D eigenvalue weighted by molar-refractivity contribution is -0.923. The Kier molecular flexibility index (Phi) is 25.2. The molecule has 28 nitrogen and oxygen atoms in total. The van der Waals surface area contributed by atoms with E-state index in [4.69, 9.17) is 34.1 Å². The number of phenols is 1. The zero-order chi connectivity index (χ0) is 76.7. The fourth-order valence-electron chi connectivity index (χ4n) is 14.3. The van der Waals surface area contributed by atoms with Gasteiger partial charge in [-0.2, -0.15) is 0 Å². The number of allylic oxidation sites excluding steroid dienone is 2. The van der Waals surface area contributed by atoms with Crippen molar-refractivity contribution in [2.24, 2.45) is 41.2 Å². The second-order valence-corrected chi connectivity index (χ2v) is 29.0. The molecule has 5 heterocycles. The van der Waals surface area contributed by atoms with Crippen LogP contribution in [0.4, 0.5) is 21.9 Å². The van der Waals surface area contributed by atoms with E-state index < -0.39 is 123 Å². The van der Waals surface area contributed by atoms with Crippen molar-refractivity contribution >= 4 is 103 Å². The Morgan fingerprint density at radius 2 is 1.56 bits per heavy atom. The molecule has 105 heavy (non-hydrogen) atoms. The number of imide groups is 1. The number of ketones is 1. The van der Waals surface area contributed by atoms with Crippen molar-refractivity contribution in [2.75, 3.05) is 69.0 Å². The van der Waals surface area contributed by atoms with Gasteiger partial charge in [-0.1, -0.05) is 78.3 Å². The number of aromatic hydroxyl groups is 1. The maximum Gasteiger partial charge on any atom is 0.312 e. The zero-order valence-electron chi connectivity index (χ0n) is 61.5. The molecule has 4 bridgehead atoms. The number of nitrogens with zero attached hydrogens (tertiary/aromatic N) is 4. The molecule has 0 aliphatic carbocycles. The monoisotopic (exact) mass is 1450 g/mol. The number of ether oxygens (including phenoxy) is 4. The predicted octanol–water partition coefficient (Wildman–Crippen LogP) is 6.62. The van der Waals surface area contributed by atoms with Gasteiger partial charge in [0.25, 0.3) is 17.7 Å². The number of primary amides is 1. The number of fused-ring (bicyclic) bond motifs is 2. The van der Waals surface area contributed by atoms with Gasteiger partial charge >= 0.3 is 17.8 Å². The summed E-state index contributed by atoms with van der Waals surface area (Å²) in [5, 5.41) is 58.2. The molecule has 4 aromatic carbocycles. The lowest BCUT2D eigenvalue weighted by Gasteiger charge is -2.43. The molecule has 564 valence electrons. The number of Topliss-reactive ketones (excluding diaryl/α,β-unsaturated/α-hetero) is 1. The summed E-state index contributed by atoms with van der Waals surface area (Å²) in [5.41, 5.74) is 4.63. The molecule has 0 saturated carbocycles. The maximum absolute atomic E-state index is 15.2. The van der Waals surface area contributed by atoms with Gasteiger partial charge in [-0.15, -0.1) is 0 Å². The number of nitrogens with two attached hydrogens (primary N) is 1. The largest absolute Gasteiger partial charge is 0.507 e. The average molecular weight is 1450 g/mol. The van der Waals surface area contributed by atoms with E-state index in [0.29, 0.717) is 74.3 Å². The second-order valence-electron chi connectivity index (χ2n) is 29.0. The Morgan fingerprint density at radius 3 is 2.21 bits per heavy atom. The van der Waals surface area contributed by atoms with Gasteiger partial charge in [0, 0.05) is 134 Å². The number of anilines is 3. The molecule has 0 spiro atoms. The second kappa shape index (κ2) is 33.4. The highest BCUT2D eigenvalue weighted by molar-refractivity contribution is 6.17. The molecule has 5 aromatic rings. The summed E-state index contributed by atoms with van der Waals surface area (Å²) >= 11 is 0. The Labute approximate surface area is 607 Å². The number of quaternary nitrogens is 1. The van der Waals surface area contributed by atoms with Gasteiger partial charge in [-0.3, -0.25) is 48.1 Å². The highest BCUT2D eigenvalue weighted by atomic mass is 16.7. The third-order valence-electron chi connectivity index (χ3n) is 20.8. The number of methoxy groups -OCH3 is 1. The summed E-state index contributed by atoms with van der Waals surface area (Å²) < 4.78 is 31.4. The van der Waals surface area contributed by atoms with E-state index in [1.165, 1.54) is 71.4 Å². The van der Waals surface area contributed by atoms with E-state index >= 15 is 4.79 Å². The van der Waals surface area contributed by atoms with Crippen LogP contribution in [-0.2, 0) is 54.3 Å². The number of rotatable bonds is 22. The zero-order valence-corrected chi connectivity index (χ0v) is 61.5. The number of phenolic OH excluding ortho intramolecular Hbond substituents is 1. The molecule has 4 aliphatic rings. The normalized spacial score (nSPS) is 24.6. The van der Waals surface area contributed by atoms with E-state index in [0.717, 1.165) is 10.5 Å². The molecule has 9 rings (SSSR count). The first-order valence-electron chi connectivity index (χ1n) is 35.7. The number of aliphatic hydroxyl groups excluding tert-OH is 3. The summed E-state index contributed by atoms with van der Waals surface area (Å²) in [7, 11) is 3.53. The topological polar surface area (TPSA) is 395 Å². The number of carbonyl (C=O) groups is 8. The van der Waals surface area contributed by atoms with Crippen LogP contribution in [0.25, 0.3) is 38.7 Å². The van der Waals surface area contributed by atoms with Gasteiger partial charge < -0.3 is 80.2 Å². The Morgan fingerprint density at radius 1 is 0.876 bits per heavy atom. The van der Waals surface area contributed by atoms with Crippen LogP contribution in [0.15, 0.2) is 98.7 Å². The Balaban J connectivity index is 0.953. The smallest absolute Gasteiger partial charge is 0.312 e. The van der Waals surface area contributed by atoms with Gasteiger partial charge in [-0.05, 0) is 63.7 Å². The number of carbonyl (C=O) groups excluding carboxylic acids is 8. The van der Waals surface area contributed by atoms with Crippen LogP contribution < -0.4 is 52.7 Å². The quantitative estimate of drug-likeness (QED) is 0.00878. The van der Waals surface area contributed by atoms with Crippen LogP contribution in [0.1, 0.15) is 118 Å². The van der Waals surface area contributed by atoms with Gasteiger partial charge in [-0.25, -0.2) is 9.78 Å². The molecular weight excluding hydrogens is 1350 g/mol. The molecule has 0 radical (unpaired) electrons. The highest BCUT2D eigenvalue weighted by Gasteiger charge is 2.45. The van der Waals surface area contributed by atoms with Crippen LogP contribution in [0.5, 0.6) is 11.5 Å². The van der Waals surface area contributed by atoms with Crippen molar-refractivity contribution < 1.29 is 86.6 Å². The standard InChI is InChI=1S/C77H97N9O19/c1-40(2)62(81-56(90)21-14-13-15-30-85-57(91)26-27-58(85)92)52(88)36-49(20-17-29-79-76(78)100)75(99)80-50-24-22-48(23-25-50)39-86(11)33-31-84(32-34-86)51-37-53(89)63-55(38-51)104-72-64(82-63)59-60-68(95)46(8)71-61(59)73(97)77(10,105-71)102-35-28-54(101-12)43(5)70(103-47(9)87)45(7)67(94)44(6)66(93)41(3)18-16-19-42(4)74(98)83-65(72)69(60)96/h16,18-19,22-28,35,37-38,40-41,43-45,49,54,62,66-67,70,93-94H,13-15,17,20-21,29-34,36,39H2,1-12H3,(H7-,78,79,80,81,82,83,89,90,91,92,95,96,97,98,99,100)/p+1/b18-16+,35-28+,42-19-/t41-,43+,44+,45+,49+,54-,62-,66-,67+,70+,77-/m0/s1. The Bertz CT molecular complexity index is 4480. The van der Waals surface area contributed by atoms with Crippen molar-refractivity contribution in [3.8, 4) is 11.5 Å². The number of hydrogen-bond donors (Lipinski definition) is 9. The van der Waals surface area contributed by atoms with E-state index in [2.05, 4.69) is 28.3 Å². The molecule has 1 saturated heterocycles. The van der Waals surface area contributed by atoms with E-state index in [1.54, 1.807) is 71.9 Å². The van der Waals surface area contributed by atoms with E-state index in [9.17, 15) is 63.6 Å². The molecule has 1 fully saturated rings. The first-order valence-corrected chi connectivity index (χ1v) is 35.7. The van der Waals surface area contributed by atoms with Crippen LogP contribution in [0, 0.1) is 42.4 Å². The summed E-state index contributed by atoms with van der Waals surface area (Å²) in [5.74, 6) is -10.4. The van der Waals surface area contributed by atoms with Gasteiger partial charge in [0.05, 0.1) is 74.4 Å². The number of likely N-dealkylation sites (N-methyl/N-ethyl adjacent to an activating group) is 1. The number of benzene rings is 4. The number of urea groups is 1. The molecule has 7 amide bonds. The van der Waals surface area contributed by atoms with Crippen LogP contribution in [-0.4, -0.2) is 172 Å². The summed E-state index contributed by atoms with van der Waals surface area (Å²) in [6, 6.07) is 8.82. The van der Waals surface area contributed by atoms with Gasteiger partial charge in [0.1, 0.15) is 35.4 Å². The number of amides is 7. The maximum atomic E-state index is 15.2. The van der Waals surface area contributed by atoms with Crippen LogP contribution in [0.2, 0.25) is 0 Å². The molecule has 4 aliphatic heterocycles. The van der Waals surface area contributed by atoms with Gasteiger partial charge in [0.15, 0.2) is 28.2 Å². The molecule has 1 aromatic heterocycles. The minimum Gasteiger partial charge on any atom is -0.507 e. The molecule has 28 heteroatoms. The number of piperazine rings is 1. The molecule has 11 atom stereocenters. The van der Waals surface area contributed by atoms with Crippen molar-refractivity contribution in [3.63, 3.8) is 0 Å². The number of aliphatic hydroxyl groups is 3. The SMILES string of the molecule is CO[C@H]1/C=C/O[C@@]2(C)Oc3c(C)c(O)c4c(=O)c(c5oc6cc(N7CC[N+](C)(Cc8ccc(NC(=O)[C@H](CCCNC(N)=O)CC(=O)[C@@H](NC(=O)CCCCCN9C(=O)C=CC9=O)C(C)C)cc8)CC7)cc(=O)c6nc5c4c3=C2O)NC(=O)/C(C)=C\C=C\[C@H](C)[C@H](O)[C@@H](C)[C@@H](O)[C@@H](C)[C@H](OC(C)=O)[C@@H]1C. The number of aromatic nitrogens is 1.